The number of rotatable bonds is 4. The van der Waals surface area contributed by atoms with Gasteiger partial charge in [-0.15, -0.1) is 11.8 Å². The van der Waals surface area contributed by atoms with E-state index in [1.807, 2.05) is 6.08 Å². The van der Waals surface area contributed by atoms with Gasteiger partial charge >= 0.3 is 5.97 Å². The second-order valence-corrected chi connectivity index (χ2v) is 3.85. The zero-order valence-corrected chi connectivity index (χ0v) is 8.89. The minimum absolute atomic E-state index is 0.308. The average Bonchev–Trinajstić information content (AvgIpc) is 2.19. The Morgan fingerprint density at radius 3 is 2.57 bits per heavy atom. The van der Waals surface area contributed by atoms with Gasteiger partial charge in [-0.2, -0.15) is 0 Å². The van der Waals surface area contributed by atoms with Crippen LogP contribution in [-0.2, 0) is 0 Å². The zero-order chi connectivity index (χ0) is 10.4. The molecule has 0 saturated heterocycles. The van der Waals surface area contributed by atoms with Crippen molar-refractivity contribution < 1.29 is 9.90 Å². The number of benzene rings is 1. The summed E-state index contributed by atoms with van der Waals surface area (Å²) in [6.07, 6.45) is 1.83. The van der Waals surface area contributed by atoms with Gasteiger partial charge in [0.15, 0.2) is 0 Å². The van der Waals surface area contributed by atoms with Gasteiger partial charge in [-0.3, -0.25) is 0 Å². The molecule has 74 valence electrons. The molecule has 1 N–H and O–H groups in total. The first-order valence-electron chi connectivity index (χ1n) is 3.95. The van der Waals surface area contributed by atoms with Gasteiger partial charge in [-0.25, -0.2) is 4.79 Å². The SMILES string of the molecule is O=C(O)c1ccc(SC/C=C/Cl)cc1. The predicted octanol–water partition coefficient (Wildman–Crippen LogP) is 3.23. The van der Waals surface area contributed by atoms with Crippen molar-refractivity contribution >= 4 is 29.3 Å². The predicted molar refractivity (Wildman–Crippen MR) is 59.1 cm³/mol. The Labute approximate surface area is 91.6 Å². The van der Waals surface area contributed by atoms with E-state index < -0.39 is 5.97 Å². The number of hydrogen-bond acceptors (Lipinski definition) is 2. The van der Waals surface area contributed by atoms with E-state index in [0.717, 1.165) is 10.6 Å². The normalized spacial score (nSPS) is 10.6. The summed E-state index contributed by atoms with van der Waals surface area (Å²) in [5.41, 5.74) is 1.78. The fraction of sp³-hybridized carbons (Fsp3) is 0.100. The first-order valence-corrected chi connectivity index (χ1v) is 5.37. The maximum atomic E-state index is 10.5. The maximum absolute atomic E-state index is 10.5. The second kappa shape index (κ2) is 5.73. The highest BCUT2D eigenvalue weighted by Gasteiger charge is 2.00. The molecule has 4 heteroatoms. The summed E-state index contributed by atoms with van der Waals surface area (Å²) in [7, 11) is 0. The summed E-state index contributed by atoms with van der Waals surface area (Å²) in [6, 6.07) is 6.76. The Balaban J connectivity index is 2.59. The number of halogens is 1. The van der Waals surface area contributed by atoms with Crippen LogP contribution in [0.15, 0.2) is 40.8 Å². The first kappa shape index (κ1) is 11.1. The van der Waals surface area contributed by atoms with Crippen molar-refractivity contribution in [3.05, 3.63) is 41.4 Å². The van der Waals surface area contributed by atoms with E-state index in [4.69, 9.17) is 16.7 Å². The highest BCUT2D eigenvalue weighted by Crippen LogP contribution is 2.18. The molecule has 0 fully saturated rings. The molecule has 0 aliphatic heterocycles. The Bertz CT molecular complexity index is 332. The van der Waals surface area contributed by atoms with Crippen LogP contribution in [0.4, 0.5) is 0 Å². The fourth-order valence-electron chi connectivity index (χ4n) is 0.874. The molecule has 1 aromatic rings. The maximum Gasteiger partial charge on any atom is 0.335 e. The largest absolute Gasteiger partial charge is 0.478 e. The molecule has 0 amide bonds. The Morgan fingerprint density at radius 2 is 2.07 bits per heavy atom. The lowest BCUT2D eigenvalue weighted by molar-refractivity contribution is 0.0697. The van der Waals surface area contributed by atoms with Gasteiger partial charge in [0.1, 0.15) is 0 Å². The number of carboxylic acids is 1. The van der Waals surface area contributed by atoms with Crippen molar-refractivity contribution in [3.8, 4) is 0 Å². The van der Waals surface area contributed by atoms with Crippen LogP contribution in [0.25, 0.3) is 0 Å². The monoisotopic (exact) mass is 228 g/mol. The minimum Gasteiger partial charge on any atom is -0.478 e. The molecule has 1 aromatic carbocycles. The molecule has 0 unspecified atom stereocenters. The lowest BCUT2D eigenvalue weighted by atomic mass is 10.2. The van der Waals surface area contributed by atoms with Gasteiger partial charge in [0.2, 0.25) is 0 Å². The van der Waals surface area contributed by atoms with Crippen LogP contribution in [0.2, 0.25) is 0 Å². The third-order valence-electron chi connectivity index (χ3n) is 1.54. The van der Waals surface area contributed by atoms with Crippen LogP contribution in [0.1, 0.15) is 10.4 Å². The smallest absolute Gasteiger partial charge is 0.335 e. The van der Waals surface area contributed by atoms with Crippen molar-refractivity contribution in [2.75, 3.05) is 5.75 Å². The molecule has 0 aliphatic rings. The van der Waals surface area contributed by atoms with Gasteiger partial charge in [0, 0.05) is 16.2 Å². The van der Waals surface area contributed by atoms with Crippen molar-refractivity contribution in [2.45, 2.75) is 4.90 Å². The highest BCUT2D eigenvalue weighted by molar-refractivity contribution is 7.99. The van der Waals surface area contributed by atoms with E-state index in [9.17, 15) is 4.79 Å². The topological polar surface area (TPSA) is 37.3 Å². The van der Waals surface area contributed by atoms with Crippen LogP contribution in [0.3, 0.4) is 0 Å². The van der Waals surface area contributed by atoms with Crippen molar-refractivity contribution in [1.82, 2.24) is 0 Å². The number of thioether (sulfide) groups is 1. The molecule has 2 nitrogen and oxygen atoms in total. The number of carbonyl (C=O) groups is 1. The third-order valence-corrected chi connectivity index (χ3v) is 2.68. The van der Waals surface area contributed by atoms with Gasteiger partial charge in [0.05, 0.1) is 5.56 Å². The van der Waals surface area contributed by atoms with Gasteiger partial charge < -0.3 is 5.11 Å². The highest BCUT2D eigenvalue weighted by atomic mass is 35.5. The van der Waals surface area contributed by atoms with Gasteiger partial charge in [-0.1, -0.05) is 17.7 Å². The quantitative estimate of drug-likeness (QED) is 0.804. The zero-order valence-electron chi connectivity index (χ0n) is 7.31. The molecule has 0 radical (unpaired) electrons. The van der Waals surface area contributed by atoms with Crippen LogP contribution >= 0.6 is 23.4 Å². The summed E-state index contributed by atoms with van der Waals surface area (Å²) in [5, 5.41) is 8.65. The molecule has 0 aliphatic carbocycles. The molecule has 1 rings (SSSR count). The summed E-state index contributed by atoms with van der Waals surface area (Å²) >= 11 is 6.96. The number of carboxylic acid groups (broad SMARTS) is 1. The van der Waals surface area contributed by atoms with E-state index >= 15 is 0 Å². The molecular weight excluding hydrogens is 220 g/mol. The first-order chi connectivity index (χ1) is 6.74. The summed E-state index contributed by atoms with van der Waals surface area (Å²) in [4.78, 5) is 11.6. The molecule has 0 spiro atoms. The van der Waals surface area contributed by atoms with Crippen molar-refractivity contribution in [1.29, 1.82) is 0 Å². The van der Waals surface area contributed by atoms with E-state index in [0.29, 0.717) is 5.56 Å². The van der Waals surface area contributed by atoms with E-state index in [1.54, 1.807) is 36.0 Å². The number of hydrogen-bond donors (Lipinski definition) is 1. The average molecular weight is 229 g/mol. The summed E-state index contributed by atoms with van der Waals surface area (Å²) in [6.45, 7) is 0. The molecule has 0 atom stereocenters. The van der Waals surface area contributed by atoms with E-state index in [-0.39, 0.29) is 0 Å². The van der Waals surface area contributed by atoms with Crippen LogP contribution in [0.5, 0.6) is 0 Å². The van der Waals surface area contributed by atoms with Gasteiger partial charge in [-0.05, 0) is 24.3 Å². The number of aromatic carboxylic acids is 1. The second-order valence-electron chi connectivity index (χ2n) is 2.50. The van der Waals surface area contributed by atoms with Crippen molar-refractivity contribution in [3.63, 3.8) is 0 Å². The van der Waals surface area contributed by atoms with E-state index in [1.165, 1.54) is 5.54 Å². The Hall–Kier alpha value is -0.930. The van der Waals surface area contributed by atoms with Gasteiger partial charge in [0.25, 0.3) is 0 Å². The molecule has 0 aromatic heterocycles. The molecule has 0 bridgehead atoms. The van der Waals surface area contributed by atoms with Crippen LogP contribution in [-0.4, -0.2) is 16.8 Å². The molecular formula is C10H9ClO2S. The lowest BCUT2D eigenvalue weighted by Gasteiger charge is -1.98. The minimum atomic E-state index is -0.901. The Morgan fingerprint density at radius 1 is 1.43 bits per heavy atom. The summed E-state index contributed by atoms with van der Waals surface area (Å²) < 4.78 is 0. The Kier molecular flexibility index (Phi) is 4.56. The standard InChI is InChI=1S/C10H9ClO2S/c11-6-1-7-14-9-4-2-8(3-5-9)10(12)13/h1-6H,7H2,(H,12,13)/b6-1+. The summed E-state index contributed by atoms with van der Waals surface area (Å²) in [5.74, 6) is -0.113. The lowest BCUT2D eigenvalue weighted by Crippen LogP contribution is -1.94. The van der Waals surface area contributed by atoms with Crippen LogP contribution in [0, 0.1) is 0 Å². The third kappa shape index (κ3) is 3.44. The fourth-order valence-corrected chi connectivity index (χ4v) is 1.78. The molecule has 0 heterocycles. The molecule has 0 saturated carbocycles. The van der Waals surface area contributed by atoms with Crippen LogP contribution < -0.4 is 0 Å². The molecule has 14 heavy (non-hydrogen) atoms. The van der Waals surface area contributed by atoms with E-state index in [2.05, 4.69) is 0 Å². The van der Waals surface area contributed by atoms with Crippen molar-refractivity contribution in [2.24, 2.45) is 0 Å².